The van der Waals surface area contributed by atoms with E-state index in [1.165, 1.54) is 12.8 Å². The molecule has 4 fully saturated rings. The Morgan fingerprint density at radius 1 is 1.23 bits per heavy atom. The largest absolute Gasteiger partial charge is 0.488 e. The third-order valence-corrected chi connectivity index (χ3v) is 4.82. The number of hydrogen-bond donors (Lipinski definition) is 0. The molecule has 4 aliphatic rings. The Balaban J connectivity index is 1.97. The maximum Gasteiger partial charge on any atom is 0.488 e. The Kier molecular flexibility index (Phi) is 1.37. The van der Waals surface area contributed by atoms with Crippen molar-refractivity contribution in [2.45, 2.75) is 45.3 Å². The van der Waals surface area contributed by atoms with Crippen LogP contribution in [-0.2, 0) is 9.31 Å². The molecule has 0 unspecified atom stereocenters. The summed E-state index contributed by atoms with van der Waals surface area (Å²) in [7, 11) is 1.56. The second-order valence-electron chi connectivity index (χ2n) is 5.56. The van der Waals surface area contributed by atoms with Gasteiger partial charge < -0.3 is 9.31 Å². The molecule has 2 bridgehead atoms. The first-order valence-electron chi connectivity index (χ1n) is 5.20. The van der Waals surface area contributed by atoms with Gasteiger partial charge in [0.2, 0.25) is 0 Å². The summed E-state index contributed by atoms with van der Waals surface area (Å²) in [4.78, 5) is 0. The quantitative estimate of drug-likeness (QED) is 0.527. The molecule has 0 aromatic carbocycles. The van der Waals surface area contributed by atoms with Crippen LogP contribution in [0, 0.1) is 17.3 Å². The molecule has 3 saturated carbocycles. The molecular formula is C10H16BO2. The molecule has 1 aliphatic heterocycles. The average Bonchev–Trinajstić information content (AvgIpc) is 2.44. The van der Waals surface area contributed by atoms with E-state index in [0.717, 1.165) is 5.92 Å². The van der Waals surface area contributed by atoms with Crippen LogP contribution in [0.3, 0.4) is 0 Å². The molecule has 3 heteroatoms. The fourth-order valence-electron chi connectivity index (χ4n) is 3.65. The molecule has 71 valence electrons. The lowest BCUT2D eigenvalue weighted by atomic mass is 9.43. The zero-order valence-electron chi connectivity index (χ0n) is 8.54. The minimum Gasteiger partial charge on any atom is -0.407 e. The Labute approximate surface area is 80.3 Å². The molecule has 0 spiro atoms. The van der Waals surface area contributed by atoms with Crippen molar-refractivity contribution in [3.8, 4) is 0 Å². The lowest BCUT2D eigenvalue weighted by molar-refractivity contribution is -0.199. The van der Waals surface area contributed by atoms with E-state index in [1.54, 1.807) is 7.69 Å². The van der Waals surface area contributed by atoms with Crippen LogP contribution in [0.15, 0.2) is 0 Å². The van der Waals surface area contributed by atoms with Crippen LogP contribution < -0.4 is 0 Å². The summed E-state index contributed by atoms with van der Waals surface area (Å²) in [6, 6.07) is 0. The maximum atomic E-state index is 5.68. The topological polar surface area (TPSA) is 18.5 Å². The van der Waals surface area contributed by atoms with Crippen molar-refractivity contribution in [1.82, 2.24) is 0 Å². The maximum absolute atomic E-state index is 5.68. The summed E-state index contributed by atoms with van der Waals surface area (Å²) < 4.78 is 11.2. The van der Waals surface area contributed by atoms with E-state index < -0.39 is 0 Å². The molecule has 13 heavy (non-hydrogen) atoms. The minimum atomic E-state index is -0.0295. The van der Waals surface area contributed by atoms with Crippen molar-refractivity contribution in [1.29, 1.82) is 0 Å². The normalized spacial score (nSPS) is 56.4. The first-order chi connectivity index (χ1) is 6.05. The third kappa shape index (κ3) is 0.786. The van der Waals surface area contributed by atoms with Crippen molar-refractivity contribution in [3.05, 3.63) is 0 Å². The molecule has 0 amide bonds. The number of hydrogen-bond acceptors (Lipinski definition) is 2. The summed E-state index contributed by atoms with van der Waals surface area (Å²) >= 11 is 0. The van der Waals surface area contributed by atoms with Crippen molar-refractivity contribution < 1.29 is 9.31 Å². The predicted molar refractivity (Wildman–Crippen MR) is 50.1 cm³/mol. The Hall–Kier alpha value is -0.0151. The fraction of sp³-hybridized carbons (Fsp3) is 1.00. The van der Waals surface area contributed by atoms with E-state index in [0.29, 0.717) is 17.4 Å². The Morgan fingerprint density at radius 3 is 2.69 bits per heavy atom. The van der Waals surface area contributed by atoms with Gasteiger partial charge in [-0.2, -0.15) is 0 Å². The summed E-state index contributed by atoms with van der Waals surface area (Å²) in [6.07, 6.45) is 2.83. The van der Waals surface area contributed by atoms with Gasteiger partial charge in [0, 0.05) is 0 Å². The monoisotopic (exact) mass is 179 g/mol. The van der Waals surface area contributed by atoms with Crippen molar-refractivity contribution >= 4 is 7.69 Å². The number of rotatable bonds is 0. The van der Waals surface area contributed by atoms with E-state index in [4.69, 9.17) is 9.31 Å². The predicted octanol–water partition coefficient (Wildman–Crippen LogP) is 1.76. The van der Waals surface area contributed by atoms with Crippen LogP contribution >= 0.6 is 0 Å². The van der Waals surface area contributed by atoms with Gasteiger partial charge in [-0.3, -0.25) is 0 Å². The molecular weight excluding hydrogens is 163 g/mol. The summed E-state index contributed by atoms with van der Waals surface area (Å²) in [6.45, 7) is 6.95. The van der Waals surface area contributed by atoms with E-state index in [9.17, 15) is 0 Å². The molecule has 1 radical (unpaired) electrons. The molecule has 0 aromatic rings. The van der Waals surface area contributed by atoms with Crippen molar-refractivity contribution in [3.63, 3.8) is 0 Å². The van der Waals surface area contributed by atoms with Crippen LogP contribution in [0.4, 0.5) is 0 Å². The molecule has 1 saturated heterocycles. The minimum absolute atomic E-state index is 0.0295. The van der Waals surface area contributed by atoms with Gasteiger partial charge in [-0.1, -0.05) is 13.8 Å². The Bertz CT molecular complexity index is 253. The van der Waals surface area contributed by atoms with Gasteiger partial charge in [-0.15, -0.1) is 0 Å². The van der Waals surface area contributed by atoms with Gasteiger partial charge in [-0.05, 0) is 37.0 Å². The first kappa shape index (κ1) is 8.31. The van der Waals surface area contributed by atoms with Crippen molar-refractivity contribution in [2.24, 2.45) is 17.3 Å². The second kappa shape index (κ2) is 2.14. The SMILES string of the molecule is CC1(C)[C@@H]2C[C@H]1[C@]1(C)O[B]O[C@@H]1C2. The molecule has 3 aliphatic carbocycles. The summed E-state index contributed by atoms with van der Waals surface area (Å²) in [5, 5.41) is 0. The average molecular weight is 179 g/mol. The van der Waals surface area contributed by atoms with Crippen LogP contribution in [-0.4, -0.2) is 19.4 Å². The van der Waals surface area contributed by atoms with E-state index >= 15 is 0 Å². The van der Waals surface area contributed by atoms with E-state index in [2.05, 4.69) is 20.8 Å². The standard InChI is InChI=1S/C10H16BO2/c1-9(2)6-4-7(9)10(3)8(5-6)12-11-13-10/h6-8H,4-5H2,1-3H3/t6-,7-,8-,10+/m1/s1. The van der Waals surface area contributed by atoms with Crippen LogP contribution in [0.25, 0.3) is 0 Å². The molecule has 0 aromatic heterocycles. The first-order valence-corrected chi connectivity index (χ1v) is 5.20. The molecule has 1 heterocycles. The summed E-state index contributed by atoms with van der Waals surface area (Å²) in [5.41, 5.74) is 0.436. The fourth-order valence-corrected chi connectivity index (χ4v) is 3.65. The van der Waals surface area contributed by atoms with Crippen LogP contribution in [0.1, 0.15) is 33.6 Å². The van der Waals surface area contributed by atoms with Gasteiger partial charge in [-0.25, -0.2) is 0 Å². The highest BCUT2D eigenvalue weighted by atomic mass is 16.6. The van der Waals surface area contributed by atoms with Crippen LogP contribution in [0.2, 0.25) is 0 Å². The molecule has 2 nitrogen and oxygen atoms in total. The lowest BCUT2D eigenvalue weighted by Gasteiger charge is -2.64. The van der Waals surface area contributed by atoms with Gasteiger partial charge in [0.15, 0.2) is 0 Å². The second-order valence-corrected chi connectivity index (χ2v) is 5.56. The van der Waals surface area contributed by atoms with E-state index in [-0.39, 0.29) is 5.60 Å². The van der Waals surface area contributed by atoms with Gasteiger partial charge in [0.05, 0.1) is 11.7 Å². The Morgan fingerprint density at radius 2 is 2.00 bits per heavy atom. The molecule has 4 atom stereocenters. The van der Waals surface area contributed by atoms with Crippen LogP contribution in [0.5, 0.6) is 0 Å². The zero-order valence-corrected chi connectivity index (χ0v) is 8.54. The highest BCUT2D eigenvalue weighted by molar-refractivity contribution is 6.19. The molecule has 4 rings (SSSR count). The highest BCUT2D eigenvalue weighted by Crippen LogP contribution is 2.65. The smallest absolute Gasteiger partial charge is 0.407 e. The zero-order chi connectivity index (χ0) is 9.27. The van der Waals surface area contributed by atoms with Crippen molar-refractivity contribution in [2.75, 3.05) is 0 Å². The molecule has 0 N–H and O–H groups in total. The van der Waals surface area contributed by atoms with E-state index in [1.807, 2.05) is 0 Å². The third-order valence-electron chi connectivity index (χ3n) is 4.82. The lowest BCUT2D eigenvalue weighted by Crippen LogP contribution is -2.65. The summed E-state index contributed by atoms with van der Waals surface area (Å²) in [5.74, 6) is 1.54. The van der Waals surface area contributed by atoms with Gasteiger partial charge in [0.25, 0.3) is 0 Å². The van der Waals surface area contributed by atoms with Gasteiger partial charge in [0.1, 0.15) is 0 Å². The van der Waals surface area contributed by atoms with Gasteiger partial charge >= 0.3 is 7.69 Å². The highest BCUT2D eigenvalue weighted by Gasteiger charge is 2.65.